The first-order valence-corrected chi connectivity index (χ1v) is 14.6. The number of carbonyl (C=O) groups excluding carboxylic acids is 2. The Bertz CT molecular complexity index is 1780. The van der Waals surface area contributed by atoms with Gasteiger partial charge in [-0.05, 0) is 48.6 Å². The minimum Gasteiger partial charge on any atom is -0.330 e. The van der Waals surface area contributed by atoms with E-state index in [1.807, 2.05) is 19.1 Å². The van der Waals surface area contributed by atoms with E-state index in [0.717, 1.165) is 17.5 Å². The van der Waals surface area contributed by atoms with Crippen molar-refractivity contribution in [3.8, 4) is 22.4 Å². The van der Waals surface area contributed by atoms with Crippen molar-refractivity contribution in [2.45, 2.75) is 45.2 Å². The molecular weight excluding hydrogens is 595 g/mol. The van der Waals surface area contributed by atoms with E-state index in [4.69, 9.17) is 11.6 Å². The summed E-state index contributed by atoms with van der Waals surface area (Å²) in [6.07, 6.45) is 9.15. The van der Waals surface area contributed by atoms with Crippen molar-refractivity contribution in [3.63, 3.8) is 0 Å². The van der Waals surface area contributed by atoms with Crippen molar-refractivity contribution in [2.75, 3.05) is 11.9 Å². The fourth-order valence-electron chi connectivity index (χ4n) is 5.97. The van der Waals surface area contributed by atoms with Crippen LogP contribution in [0, 0.1) is 11.7 Å². The van der Waals surface area contributed by atoms with E-state index in [0.29, 0.717) is 52.9 Å². The lowest BCUT2D eigenvalue weighted by Gasteiger charge is -2.35. The molecule has 2 bridgehead atoms. The zero-order valence-electron chi connectivity index (χ0n) is 24.0. The number of alkyl halides is 2. The number of pyridine rings is 1. The third-order valence-electron chi connectivity index (χ3n) is 8.26. The lowest BCUT2D eigenvalue weighted by Crippen LogP contribution is -2.38. The molecule has 0 saturated heterocycles. The highest BCUT2D eigenvalue weighted by Gasteiger charge is 2.32. The summed E-state index contributed by atoms with van der Waals surface area (Å²) in [6, 6.07) is 6.23. The molecule has 228 valence electrons. The van der Waals surface area contributed by atoms with Crippen LogP contribution in [0.4, 0.5) is 18.9 Å². The molecule has 5 heterocycles. The van der Waals surface area contributed by atoms with Crippen LogP contribution in [0.15, 0.2) is 55.1 Å². The first-order valence-electron chi connectivity index (χ1n) is 14.2. The number of carbonyl (C=O) groups is 2. The molecule has 13 heteroatoms. The van der Waals surface area contributed by atoms with E-state index in [-0.39, 0.29) is 40.4 Å². The molecule has 0 saturated carbocycles. The fraction of sp³-hybridized carbons (Fsp3) is 0.323. The van der Waals surface area contributed by atoms with E-state index in [1.165, 1.54) is 24.4 Å². The van der Waals surface area contributed by atoms with Gasteiger partial charge in [0, 0.05) is 54.7 Å². The van der Waals surface area contributed by atoms with Crippen LogP contribution in [-0.2, 0) is 16.6 Å². The number of halogens is 4. The Morgan fingerprint density at radius 3 is 2.66 bits per heavy atom. The maximum atomic E-state index is 15.5. The van der Waals surface area contributed by atoms with Gasteiger partial charge in [-0.15, -0.1) is 0 Å². The van der Waals surface area contributed by atoms with Crippen LogP contribution in [0.25, 0.3) is 28.0 Å². The molecule has 0 fully saturated rings. The Morgan fingerprint density at radius 2 is 1.91 bits per heavy atom. The van der Waals surface area contributed by atoms with Gasteiger partial charge in [0.25, 0.3) is 0 Å². The van der Waals surface area contributed by atoms with E-state index >= 15 is 4.39 Å². The summed E-state index contributed by atoms with van der Waals surface area (Å²) in [4.78, 5) is 33.1. The normalized spacial score (nSPS) is 19.2. The van der Waals surface area contributed by atoms with E-state index in [2.05, 4.69) is 20.5 Å². The van der Waals surface area contributed by atoms with Crippen LogP contribution >= 0.6 is 11.6 Å². The van der Waals surface area contributed by atoms with Crippen LogP contribution in [0.1, 0.15) is 56.5 Å². The molecule has 0 aliphatic carbocycles. The quantitative estimate of drug-likeness (QED) is 0.275. The number of rotatable bonds is 4. The molecule has 0 spiro atoms. The summed E-state index contributed by atoms with van der Waals surface area (Å²) in [5.74, 6) is -1.44. The maximum Gasteiger partial charge on any atom is 0.333 e. The number of aryl methyl sites for hydroxylation is 1. The van der Waals surface area contributed by atoms with Crippen LogP contribution < -0.4 is 5.32 Å². The van der Waals surface area contributed by atoms with Gasteiger partial charge in [0.05, 0.1) is 40.5 Å². The van der Waals surface area contributed by atoms with Gasteiger partial charge in [-0.1, -0.05) is 31.0 Å². The number of fused-ring (bicyclic) bond motifs is 4. The van der Waals surface area contributed by atoms with Crippen molar-refractivity contribution in [1.29, 1.82) is 0 Å². The van der Waals surface area contributed by atoms with E-state index in [9.17, 15) is 18.4 Å². The lowest BCUT2D eigenvalue weighted by molar-refractivity contribution is -0.129. The van der Waals surface area contributed by atoms with Gasteiger partial charge in [-0.2, -0.15) is 19.0 Å². The highest BCUT2D eigenvalue weighted by Crippen LogP contribution is 2.40. The molecule has 1 N–H and O–H groups in total. The van der Waals surface area contributed by atoms with Crippen LogP contribution in [0.5, 0.6) is 0 Å². The number of nitrogens with one attached hydrogen (secondary N) is 1. The summed E-state index contributed by atoms with van der Waals surface area (Å²) < 4.78 is 44.2. The van der Waals surface area contributed by atoms with Crippen LogP contribution in [-0.4, -0.2) is 47.8 Å². The predicted molar refractivity (Wildman–Crippen MR) is 159 cm³/mol. The average molecular weight is 624 g/mol. The minimum absolute atomic E-state index is 0.0849. The van der Waals surface area contributed by atoms with Crippen molar-refractivity contribution in [3.05, 3.63) is 77.2 Å². The Labute approximate surface area is 256 Å². The van der Waals surface area contributed by atoms with E-state index < -0.39 is 18.4 Å². The molecule has 2 aliphatic rings. The molecule has 0 radical (unpaired) electrons. The number of hydrogen-bond donors (Lipinski definition) is 1. The Hall–Kier alpha value is -4.45. The Balaban J connectivity index is 1.37. The summed E-state index contributed by atoms with van der Waals surface area (Å²) in [7, 11) is 1.79. The SMILES string of the molecule is C[C@@H]1CCC[C@H](N2CCC(c3c(-c4cnn(C(F)F)c4)ccc(Cl)c3F)=CC2=O)c2cc(ccn2)-c2c(cnn2C)NC1=O. The molecule has 6 rings (SSSR count). The molecule has 4 aromatic rings. The lowest BCUT2D eigenvalue weighted by atomic mass is 9.90. The van der Waals surface area contributed by atoms with Crippen molar-refractivity contribution in [2.24, 2.45) is 13.0 Å². The Morgan fingerprint density at radius 1 is 1.09 bits per heavy atom. The van der Waals surface area contributed by atoms with Crippen molar-refractivity contribution in [1.82, 2.24) is 29.4 Å². The molecule has 9 nitrogen and oxygen atoms in total. The van der Waals surface area contributed by atoms with Gasteiger partial charge in [-0.25, -0.2) is 9.07 Å². The third-order valence-corrected chi connectivity index (χ3v) is 8.55. The second kappa shape index (κ2) is 11.9. The predicted octanol–water partition coefficient (Wildman–Crippen LogP) is 6.65. The highest BCUT2D eigenvalue weighted by molar-refractivity contribution is 6.31. The topological polar surface area (TPSA) is 97.9 Å². The van der Waals surface area contributed by atoms with Gasteiger partial charge in [0.1, 0.15) is 5.82 Å². The largest absolute Gasteiger partial charge is 0.333 e. The standard InChI is InChI=1S/C31H29ClF3N7O2/c1-17-4-3-5-25(23-12-19(8-10-36-23)29-24(39-30(17)44)15-37-40(29)2)41-11-9-18(13-26(41)43)27-21(6-7-22(32)28(27)33)20-14-38-42(16-20)31(34)35/h6-8,10,12-17,25,31H,3-5,9,11H2,1-2H3,(H,39,44)/t17-,25+/m1/s1. The molecule has 0 unspecified atom stereocenters. The first-order chi connectivity index (χ1) is 21.1. The second-order valence-electron chi connectivity index (χ2n) is 11.1. The number of benzene rings is 1. The van der Waals surface area contributed by atoms with E-state index in [1.54, 1.807) is 29.0 Å². The average Bonchev–Trinajstić information content (AvgIpc) is 3.64. The third kappa shape index (κ3) is 5.49. The molecular formula is C31H29ClF3N7O2. The summed E-state index contributed by atoms with van der Waals surface area (Å²) in [5, 5.41) is 10.9. The molecule has 44 heavy (non-hydrogen) atoms. The second-order valence-corrected chi connectivity index (χ2v) is 11.5. The van der Waals surface area contributed by atoms with Crippen molar-refractivity contribution < 1.29 is 22.8 Å². The molecule has 2 amide bonds. The van der Waals surface area contributed by atoms with Gasteiger partial charge in [-0.3, -0.25) is 19.3 Å². The number of anilines is 1. The summed E-state index contributed by atoms with van der Waals surface area (Å²) in [6.45, 7) is -0.726. The summed E-state index contributed by atoms with van der Waals surface area (Å²) >= 11 is 6.14. The zero-order valence-corrected chi connectivity index (χ0v) is 24.7. The van der Waals surface area contributed by atoms with Gasteiger partial charge >= 0.3 is 6.55 Å². The number of hydrogen-bond acceptors (Lipinski definition) is 5. The fourth-order valence-corrected chi connectivity index (χ4v) is 6.13. The van der Waals surface area contributed by atoms with Gasteiger partial charge in [0.2, 0.25) is 11.8 Å². The van der Waals surface area contributed by atoms with Gasteiger partial charge < -0.3 is 10.2 Å². The zero-order chi connectivity index (χ0) is 31.1. The Kier molecular flexibility index (Phi) is 8.02. The number of amides is 2. The smallest absolute Gasteiger partial charge is 0.330 e. The van der Waals surface area contributed by atoms with Crippen LogP contribution in [0.2, 0.25) is 5.02 Å². The molecule has 1 aromatic carbocycles. The maximum absolute atomic E-state index is 15.5. The number of aromatic nitrogens is 5. The first kappa shape index (κ1) is 29.6. The van der Waals surface area contributed by atoms with Gasteiger partial charge in [0.15, 0.2) is 0 Å². The number of nitrogens with zero attached hydrogens (tertiary/aromatic N) is 6. The van der Waals surface area contributed by atoms with Crippen LogP contribution in [0.3, 0.4) is 0 Å². The molecule has 2 aliphatic heterocycles. The summed E-state index contributed by atoms with van der Waals surface area (Å²) in [5.41, 5.74) is 3.88. The minimum atomic E-state index is -2.85. The highest BCUT2D eigenvalue weighted by atomic mass is 35.5. The molecule has 2 atom stereocenters. The monoisotopic (exact) mass is 623 g/mol. The molecule has 3 aromatic heterocycles. The van der Waals surface area contributed by atoms with Crippen molar-refractivity contribution >= 4 is 34.7 Å².